The molecule has 2 N–H and O–H groups in total. The number of anilines is 2. The number of benzene rings is 2. The van der Waals surface area contributed by atoms with Gasteiger partial charge in [0.2, 0.25) is 11.8 Å². The maximum Gasteiger partial charge on any atom is 0.234 e. The molecule has 0 bridgehead atoms. The minimum Gasteiger partial charge on any atom is -0.497 e. The highest BCUT2D eigenvalue weighted by Gasteiger charge is 2.16. The summed E-state index contributed by atoms with van der Waals surface area (Å²) >= 11 is 1.42. The summed E-state index contributed by atoms with van der Waals surface area (Å²) in [5.41, 5.74) is 1.31. The van der Waals surface area contributed by atoms with Crippen molar-refractivity contribution in [1.82, 2.24) is 0 Å². The highest BCUT2D eigenvalue weighted by atomic mass is 32.2. The van der Waals surface area contributed by atoms with Gasteiger partial charge in [0, 0.05) is 40.9 Å². The summed E-state index contributed by atoms with van der Waals surface area (Å²) in [6.45, 7) is 6.08. The number of methoxy groups -OCH3 is 2. The van der Waals surface area contributed by atoms with E-state index in [0.717, 1.165) is 10.6 Å². The molecule has 6 nitrogen and oxygen atoms in total. The highest BCUT2D eigenvalue weighted by Crippen LogP contribution is 2.27. The molecular formula is C22H28N2O4S. The maximum atomic E-state index is 12.3. The van der Waals surface area contributed by atoms with Crippen molar-refractivity contribution in [3.8, 4) is 11.5 Å². The number of rotatable bonds is 8. The van der Waals surface area contributed by atoms with E-state index in [-0.39, 0.29) is 23.0 Å². The second-order valence-corrected chi connectivity index (χ2v) is 8.80. The molecule has 0 saturated heterocycles. The molecular weight excluding hydrogens is 388 g/mol. The summed E-state index contributed by atoms with van der Waals surface area (Å²) in [7, 11) is 3.12. The van der Waals surface area contributed by atoms with Crippen LogP contribution in [-0.4, -0.2) is 31.8 Å². The van der Waals surface area contributed by atoms with E-state index >= 15 is 0 Å². The van der Waals surface area contributed by atoms with Crippen LogP contribution in [0.3, 0.4) is 0 Å². The summed E-state index contributed by atoms with van der Waals surface area (Å²) in [5, 5.41) is 5.74. The number of carbonyl (C=O) groups is 2. The van der Waals surface area contributed by atoms with Crippen LogP contribution in [-0.2, 0) is 9.59 Å². The van der Waals surface area contributed by atoms with Crippen molar-refractivity contribution in [2.24, 2.45) is 5.41 Å². The van der Waals surface area contributed by atoms with Gasteiger partial charge in [-0.3, -0.25) is 9.59 Å². The predicted molar refractivity (Wildman–Crippen MR) is 118 cm³/mol. The van der Waals surface area contributed by atoms with Gasteiger partial charge in [0.15, 0.2) is 0 Å². The molecule has 0 aromatic heterocycles. The van der Waals surface area contributed by atoms with E-state index in [2.05, 4.69) is 10.6 Å². The van der Waals surface area contributed by atoms with Crippen molar-refractivity contribution in [3.63, 3.8) is 0 Å². The van der Waals surface area contributed by atoms with Gasteiger partial charge in [-0.15, -0.1) is 11.8 Å². The zero-order chi connectivity index (χ0) is 21.4. The quantitative estimate of drug-likeness (QED) is 0.604. The van der Waals surface area contributed by atoms with Crippen molar-refractivity contribution < 1.29 is 19.1 Å². The molecule has 2 aromatic rings. The van der Waals surface area contributed by atoms with Crippen molar-refractivity contribution in [2.75, 3.05) is 30.6 Å². The van der Waals surface area contributed by atoms with Crippen LogP contribution in [0.25, 0.3) is 0 Å². The zero-order valence-electron chi connectivity index (χ0n) is 17.5. The molecule has 0 aliphatic carbocycles. The van der Waals surface area contributed by atoms with Crippen molar-refractivity contribution in [2.45, 2.75) is 32.1 Å². The van der Waals surface area contributed by atoms with E-state index in [1.54, 1.807) is 32.4 Å². The first-order valence-electron chi connectivity index (χ1n) is 9.24. The Kier molecular flexibility index (Phi) is 7.96. The topological polar surface area (TPSA) is 76.7 Å². The lowest BCUT2D eigenvalue weighted by molar-refractivity contribution is -0.118. The maximum absolute atomic E-state index is 12.3. The summed E-state index contributed by atoms with van der Waals surface area (Å²) in [4.78, 5) is 25.2. The van der Waals surface area contributed by atoms with Gasteiger partial charge in [-0.2, -0.15) is 0 Å². The van der Waals surface area contributed by atoms with Crippen LogP contribution in [0.15, 0.2) is 47.4 Å². The first kappa shape index (κ1) is 22.6. The van der Waals surface area contributed by atoms with Gasteiger partial charge in [0.1, 0.15) is 11.5 Å². The Morgan fingerprint density at radius 3 is 1.93 bits per heavy atom. The molecule has 0 saturated carbocycles. The third-order valence-corrected chi connectivity index (χ3v) is 4.85. The summed E-state index contributed by atoms with van der Waals surface area (Å²) in [5.74, 6) is 1.33. The summed E-state index contributed by atoms with van der Waals surface area (Å²) < 4.78 is 10.4. The van der Waals surface area contributed by atoms with Gasteiger partial charge in [-0.1, -0.05) is 20.8 Å². The number of hydrogen-bond donors (Lipinski definition) is 2. The van der Waals surface area contributed by atoms with Crippen LogP contribution in [0.1, 0.15) is 27.2 Å². The number of nitrogens with one attached hydrogen (secondary N) is 2. The summed E-state index contributed by atoms with van der Waals surface area (Å²) in [6, 6.07) is 12.7. The largest absolute Gasteiger partial charge is 0.497 e. The lowest BCUT2D eigenvalue weighted by Crippen LogP contribution is -2.19. The number of amides is 2. The van der Waals surface area contributed by atoms with E-state index in [1.165, 1.54) is 11.8 Å². The molecule has 0 fully saturated rings. The van der Waals surface area contributed by atoms with E-state index in [9.17, 15) is 9.59 Å². The SMILES string of the molecule is COc1cc(NC(=O)CSc2ccc(NC(=O)CC(C)(C)C)cc2)cc(OC)c1. The Hall–Kier alpha value is -2.67. The van der Waals surface area contributed by atoms with Crippen LogP contribution >= 0.6 is 11.8 Å². The van der Waals surface area contributed by atoms with Gasteiger partial charge in [0.05, 0.1) is 20.0 Å². The van der Waals surface area contributed by atoms with Gasteiger partial charge in [-0.05, 0) is 29.7 Å². The molecule has 0 atom stereocenters. The highest BCUT2D eigenvalue weighted by molar-refractivity contribution is 8.00. The van der Waals surface area contributed by atoms with E-state index in [4.69, 9.17) is 9.47 Å². The molecule has 0 heterocycles. The Bertz CT molecular complexity index is 823. The second-order valence-electron chi connectivity index (χ2n) is 7.75. The third-order valence-electron chi connectivity index (χ3n) is 3.83. The van der Waals surface area contributed by atoms with E-state index < -0.39 is 0 Å². The Labute approximate surface area is 176 Å². The van der Waals surface area contributed by atoms with Crippen LogP contribution in [0.4, 0.5) is 11.4 Å². The number of hydrogen-bond acceptors (Lipinski definition) is 5. The zero-order valence-corrected chi connectivity index (χ0v) is 18.3. The van der Waals surface area contributed by atoms with Gasteiger partial charge in [-0.25, -0.2) is 0 Å². The fourth-order valence-electron chi connectivity index (χ4n) is 2.55. The van der Waals surface area contributed by atoms with Gasteiger partial charge >= 0.3 is 0 Å². The lowest BCUT2D eigenvalue weighted by atomic mass is 9.92. The fraction of sp³-hybridized carbons (Fsp3) is 0.364. The van der Waals surface area contributed by atoms with Crippen LogP contribution < -0.4 is 20.1 Å². The predicted octanol–water partition coefficient (Wildman–Crippen LogP) is 4.81. The number of ether oxygens (including phenoxy) is 2. The van der Waals surface area contributed by atoms with Crippen molar-refractivity contribution in [1.29, 1.82) is 0 Å². The normalized spacial score (nSPS) is 10.9. The van der Waals surface area contributed by atoms with E-state index in [1.807, 2.05) is 45.0 Å². The first-order chi connectivity index (χ1) is 13.7. The van der Waals surface area contributed by atoms with Crippen LogP contribution in [0.2, 0.25) is 0 Å². The van der Waals surface area contributed by atoms with Gasteiger partial charge < -0.3 is 20.1 Å². The minimum atomic E-state index is -0.132. The smallest absolute Gasteiger partial charge is 0.234 e. The molecule has 7 heteroatoms. The third kappa shape index (κ3) is 8.07. The lowest BCUT2D eigenvalue weighted by Gasteiger charge is -2.17. The Morgan fingerprint density at radius 2 is 1.41 bits per heavy atom. The average Bonchev–Trinajstić information content (AvgIpc) is 2.65. The second kappa shape index (κ2) is 10.2. The molecule has 2 aromatic carbocycles. The standard InChI is InChI=1S/C22H28N2O4S/c1-22(2,3)13-20(25)23-15-6-8-19(9-7-15)29-14-21(26)24-16-10-17(27-4)12-18(11-16)28-5/h6-12H,13-14H2,1-5H3,(H,23,25)(H,24,26). The van der Waals surface area contributed by atoms with Crippen LogP contribution in [0.5, 0.6) is 11.5 Å². The molecule has 0 aliphatic rings. The molecule has 0 aliphatic heterocycles. The minimum absolute atomic E-state index is 0.00833. The van der Waals surface area contributed by atoms with Crippen molar-refractivity contribution in [3.05, 3.63) is 42.5 Å². The Morgan fingerprint density at radius 1 is 0.862 bits per heavy atom. The molecule has 2 amide bonds. The molecule has 156 valence electrons. The molecule has 29 heavy (non-hydrogen) atoms. The monoisotopic (exact) mass is 416 g/mol. The summed E-state index contributed by atoms with van der Waals surface area (Å²) in [6.07, 6.45) is 0.457. The molecule has 0 unspecified atom stereocenters. The van der Waals surface area contributed by atoms with Crippen LogP contribution in [0, 0.1) is 5.41 Å². The molecule has 0 radical (unpaired) electrons. The number of carbonyl (C=O) groups excluding carboxylic acids is 2. The van der Waals surface area contributed by atoms with Crippen molar-refractivity contribution >= 4 is 35.0 Å². The van der Waals surface area contributed by atoms with Gasteiger partial charge in [0.25, 0.3) is 0 Å². The first-order valence-corrected chi connectivity index (χ1v) is 10.2. The van der Waals surface area contributed by atoms with E-state index in [0.29, 0.717) is 23.6 Å². The fourth-order valence-corrected chi connectivity index (χ4v) is 3.25. The number of thioether (sulfide) groups is 1. The molecule has 0 spiro atoms. The molecule has 2 rings (SSSR count). The Balaban J connectivity index is 1.87. The average molecular weight is 417 g/mol.